The van der Waals surface area contributed by atoms with Crippen molar-refractivity contribution >= 4 is 11.7 Å². The summed E-state index contributed by atoms with van der Waals surface area (Å²) in [4.78, 5) is 12.8. The van der Waals surface area contributed by atoms with Crippen molar-refractivity contribution in [2.24, 2.45) is 5.73 Å². The summed E-state index contributed by atoms with van der Waals surface area (Å²) in [6, 6.07) is 13.8. The highest BCUT2D eigenvalue weighted by atomic mass is 19.1. The molecule has 0 radical (unpaired) electrons. The molecule has 1 amide bonds. The van der Waals surface area contributed by atoms with Crippen LogP contribution < -0.4 is 11.1 Å². The molecule has 0 saturated carbocycles. The van der Waals surface area contributed by atoms with Gasteiger partial charge in [-0.15, -0.1) is 0 Å². The standard InChI is InChI=1S/C27H25F2N3O2/c1-27(2,3)15-5-7-17-19(11-15)24-18-8-13(4-6-16(18)23(17)34-24)26(33)32-12-20-21(28)9-14(25(30)31)10-22(20)29/h4-11,23-24H,12H2,1-3H3,(H3,30,31)(H,32,33)/t23-,24+/m1/s1. The summed E-state index contributed by atoms with van der Waals surface area (Å²) in [5, 5.41) is 9.91. The van der Waals surface area contributed by atoms with Crippen LogP contribution in [0.2, 0.25) is 0 Å². The van der Waals surface area contributed by atoms with Gasteiger partial charge < -0.3 is 15.8 Å². The largest absolute Gasteiger partial charge is 0.384 e. The van der Waals surface area contributed by atoms with Crippen molar-refractivity contribution in [1.82, 2.24) is 5.32 Å². The van der Waals surface area contributed by atoms with Crippen LogP contribution in [0.25, 0.3) is 0 Å². The minimum Gasteiger partial charge on any atom is -0.384 e. The Morgan fingerprint density at radius 3 is 2.15 bits per heavy atom. The molecule has 0 aliphatic carbocycles. The van der Waals surface area contributed by atoms with E-state index in [1.54, 1.807) is 12.1 Å². The predicted molar refractivity (Wildman–Crippen MR) is 125 cm³/mol. The summed E-state index contributed by atoms with van der Waals surface area (Å²) in [5.74, 6) is -2.60. The molecule has 2 atom stereocenters. The average molecular weight is 462 g/mol. The first kappa shape index (κ1) is 22.2. The topological polar surface area (TPSA) is 88.2 Å². The molecule has 5 rings (SSSR count). The van der Waals surface area contributed by atoms with Gasteiger partial charge in [0.1, 0.15) is 29.7 Å². The smallest absolute Gasteiger partial charge is 0.251 e. The van der Waals surface area contributed by atoms with Crippen LogP contribution in [0, 0.1) is 17.0 Å². The molecule has 3 aromatic carbocycles. The average Bonchev–Trinajstić information content (AvgIpc) is 3.34. The normalized spacial score (nSPS) is 17.9. The Kier molecular flexibility index (Phi) is 5.06. The molecule has 0 unspecified atom stereocenters. The molecule has 4 N–H and O–H groups in total. The molecule has 34 heavy (non-hydrogen) atoms. The van der Waals surface area contributed by atoms with Crippen molar-refractivity contribution in [3.63, 3.8) is 0 Å². The monoisotopic (exact) mass is 461 g/mol. The zero-order valence-electron chi connectivity index (χ0n) is 19.1. The Balaban J connectivity index is 1.37. The van der Waals surface area contributed by atoms with Gasteiger partial charge in [0.05, 0.1) is 0 Å². The Labute approximate surface area is 196 Å². The highest BCUT2D eigenvalue weighted by molar-refractivity contribution is 5.95. The van der Waals surface area contributed by atoms with E-state index in [4.69, 9.17) is 15.9 Å². The van der Waals surface area contributed by atoms with Crippen LogP contribution in [0.15, 0.2) is 48.5 Å². The van der Waals surface area contributed by atoms with E-state index in [0.717, 1.165) is 34.4 Å². The molecule has 0 spiro atoms. The van der Waals surface area contributed by atoms with Crippen molar-refractivity contribution in [2.45, 2.75) is 44.9 Å². The summed E-state index contributed by atoms with van der Waals surface area (Å²) in [5.41, 5.74) is 10.8. The number of hydrogen-bond acceptors (Lipinski definition) is 3. The molecular weight excluding hydrogens is 436 g/mol. The van der Waals surface area contributed by atoms with Crippen LogP contribution in [0.4, 0.5) is 8.78 Å². The summed E-state index contributed by atoms with van der Waals surface area (Å²) >= 11 is 0. The van der Waals surface area contributed by atoms with E-state index in [2.05, 4.69) is 44.3 Å². The van der Waals surface area contributed by atoms with Gasteiger partial charge in [-0.3, -0.25) is 10.2 Å². The summed E-state index contributed by atoms with van der Waals surface area (Å²) in [6.07, 6.45) is -0.386. The third kappa shape index (κ3) is 3.56. The van der Waals surface area contributed by atoms with Gasteiger partial charge in [-0.1, -0.05) is 45.0 Å². The number of amides is 1. The van der Waals surface area contributed by atoms with Crippen molar-refractivity contribution in [1.29, 1.82) is 5.41 Å². The lowest BCUT2D eigenvalue weighted by molar-refractivity contribution is 0.0857. The lowest BCUT2D eigenvalue weighted by Gasteiger charge is -2.23. The molecule has 0 aromatic heterocycles. The van der Waals surface area contributed by atoms with Crippen LogP contribution >= 0.6 is 0 Å². The van der Waals surface area contributed by atoms with Gasteiger partial charge in [0, 0.05) is 23.2 Å². The van der Waals surface area contributed by atoms with E-state index in [1.807, 2.05) is 6.07 Å². The van der Waals surface area contributed by atoms with Gasteiger partial charge >= 0.3 is 0 Å². The molecule has 7 heteroatoms. The number of hydrogen-bond donors (Lipinski definition) is 3. The predicted octanol–water partition coefficient (Wildman–Crippen LogP) is 5.00. The number of carbonyl (C=O) groups is 1. The molecule has 0 fully saturated rings. The summed E-state index contributed by atoms with van der Waals surface area (Å²) in [6.45, 7) is 6.17. The second-order valence-electron chi connectivity index (χ2n) is 9.85. The lowest BCUT2D eigenvalue weighted by Crippen LogP contribution is -2.24. The van der Waals surface area contributed by atoms with E-state index >= 15 is 0 Å². The highest BCUT2D eigenvalue weighted by Crippen LogP contribution is 2.54. The fourth-order valence-corrected chi connectivity index (χ4v) is 4.65. The Hall–Kier alpha value is -3.58. The number of ether oxygens (including phenoxy) is 1. The number of nitrogens with two attached hydrogens (primary N) is 1. The zero-order chi connectivity index (χ0) is 24.4. The number of rotatable bonds is 4. The van der Waals surface area contributed by atoms with Gasteiger partial charge in [0.15, 0.2) is 0 Å². The fourth-order valence-electron chi connectivity index (χ4n) is 4.65. The first-order valence-corrected chi connectivity index (χ1v) is 11.1. The van der Waals surface area contributed by atoms with Gasteiger partial charge in [-0.2, -0.15) is 0 Å². The summed E-state index contributed by atoms with van der Waals surface area (Å²) < 4.78 is 34.9. The number of halogens is 2. The molecular formula is C27H25F2N3O2. The van der Waals surface area contributed by atoms with Crippen LogP contribution in [-0.2, 0) is 16.7 Å². The van der Waals surface area contributed by atoms with Gasteiger partial charge in [0.2, 0.25) is 0 Å². The minimum atomic E-state index is -0.864. The Bertz CT molecular complexity index is 1340. The van der Waals surface area contributed by atoms with Gasteiger partial charge in [-0.05, 0) is 57.5 Å². The maximum atomic E-state index is 14.3. The van der Waals surface area contributed by atoms with E-state index in [-0.39, 0.29) is 35.3 Å². The lowest BCUT2D eigenvalue weighted by atomic mass is 9.80. The van der Waals surface area contributed by atoms with Gasteiger partial charge in [-0.25, -0.2) is 8.78 Å². The van der Waals surface area contributed by atoms with Crippen molar-refractivity contribution in [3.05, 3.63) is 105 Å². The number of fused-ring (bicyclic) bond motifs is 8. The molecule has 0 saturated heterocycles. The number of nitrogens with one attached hydrogen (secondary N) is 2. The third-order valence-electron chi connectivity index (χ3n) is 6.58. The number of carbonyl (C=O) groups excluding carboxylic acids is 1. The Morgan fingerprint density at radius 1 is 0.941 bits per heavy atom. The second kappa shape index (κ2) is 7.74. The molecule has 174 valence electrons. The van der Waals surface area contributed by atoms with Gasteiger partial charge in [0.25, 0.3) is 5.91 Å². The Morgan fingerprint density at radius 2 is 1.53 bits per heavy atom. The van der Waals surface area contributed by atoms with Crippen molar-refractivity contribution < 1.29 is 18.3 Å². The van der Waals surface area contributed by atoms with E-state index in [0.29, 0.717) is 5.56 Å². The van der Waals surface area contributed by atoms with E-state index in [9.17, 15) is 13.6 Å². The number of benzene rings is 3. The highest BCUT2D eigenvalue weighted by Gasteiger charge is 2.43. The maximum Gasteiger partial charge on any atom is 0.251 e. The third-order valence-corrected chi connectivity index (χ3v) is 6.58. The minimum absolute atomic E-state index is 0.00853. The van der Waals surface area contributed by atoms with Crippen LogP contribution in [-0.4, -0.2) is 11.7 Å². The molecule has 2 aliphatic rings. The van der Waals surface area contributed by atoms with Crippen LogP contribution in [0.3, 0.4) is 0 Å². The SMILES string of the molecule is CC(C)(C)c1ccc2c(c1)[C@H]1O[C@@H]2c2ccc(C(=O)NCc3c(F)cc(C(=N)N)cc3F)cc21. The first-order chi connectivity index (χ1) is 16.0. The number of nitrogen functional groups attached to an aromatic ring is 1. The van der Waals surface area contributed by atoms with Crippen molar-refractivity contribution in [2.75, 3.05) is 0 Å². The molecule has 2 heterocycles. The molecule has 2 bridgehead atoms. The molecule has 5 nitrogen and oxygen atoms in total. The van der Waals surface area contributed by atoms with Crippen LogP contribution in [0.1, 0.15) is 82.3 Å². The number of amidine groups is 1. The quantitative estimate of drug-likeness (QED) is 0.377. The maximum absolute atomic E-state index is 14.3. The molecule has 3 aromatic rings. The fraction of sp³-hybridized carbons (Fsp3) is 0.259. The van der Waals surface area contributed by atoms with Crippen molar-refractivity contribution in [3.8, 4) is 0 Å². The van der Waals surface area contributed by atoms with E-state index in [1.165, 1.54) is 5.56 Å². The summed E-state index contributed by atoms with van der Waals surface area (Å²) in [7, 11) is 0. The van der Waals surface area contributed by atoms with E-state index < -0.39 is 23.4 Å². The first-order valence-electron chi connectivity index (χ1n) is 11.1. The van der Waals surface area contributed by atoms with Crippen LogP contribution in [0.5, 0.6) is 0 Å². The second-order valence-corrected chi connectivity index (χ2v) is 9.85. The zero-order valence-corrected chi connectivity index (χ0v) is 19.1. The molecule has 2 aliphatic heterocycles.